The van der Waals surface area contributed by atoms with Gasteiger partial charge in [-0.15, -0.1) is 11.8 Å². The zero-order chi connectivity index (χ0) is 13.8. The van der Waals surface area contributed by atoms with Crippen molar-refractivity contribution in [3.8, 4) is 0 Å². The SMILES string of the molecule is CCc1nc(CSc2cccc(Br)c2)[nH]c(=O)c1Br. The molecule has 100 valence electrons. The first-order chi connectivity index (χ1) is 9.10. The molecule has 2 aromatic rings. The maximum absolute atomic E-state index is 11.7. The molecule has 0 saturated heterocycles. The van der Waals surface area contributed by atoms with E-state index in [1.165, 1.54) is 0 Å². The van der Waals surface area contributed by atoms with Crippen LogP contribution in [0, 0.1) is 0 Å². The van der Waals surface area contributed by atoms with E-state index in [1.54, 1.807) is 11.8 Å². The number of aryl methyl sites for hydroxylation is 1. The van der Waals surface area contributed by atoms with Crippen molar-refractivity contribution in [2.75, 3.05) is 0 Å². The molecule has 1 aromatic carbocycles. The number of aromatic amines is 1. The highest BCUT2D eigenvalue weighted by molar-refractivity contribution is 9.10. The van der Waals surface area contributed by atoms with Crippen LogP contribution in [0.3, 0.4) is 0 Å². The van der Waals surface area contributed by atoms with Crippen LogP contribution >= 0.6 is 43.6 Å². The Kier molecular flexibility index (Phi) is 5.24. The van der Waals surface area contributed by atoms with Gasteiger partial charge in [0.05, 0.1) is 11.4 Å². The minimum absolute atomic E-state index is 0.114. The van der Waals surface area contributed by atoms with Gasteiger partial charge < -0.3 is 4.98 Å². The Bertz CT molecular complexity index is 643. The molecule has 0 aliphatic heterocycles. The van der Waals surface area contributed by atoms with Gasteiger partial charge in [-0.25, -0.2) is 4.98 Å². The summed E-state index contributed by atoms with van der Waals surface area (Å²) in [6.07, 6.45) is 0.735. The number of nitrogens with one attached hydrogen (secondary N) is 1. The van der Waals surface area contributed by atoms with Gasteiger partial charge in [0.25, 0.3) is 5.56 Å². The lowest BCUT2D eigenvalue weighted by atomic mass is 10.3. The standard InChI is InChI=1S/C13H12Br2N2OS/c1-2-10-12(15)13(18)17-11(16-10)7-19-9-5-3-4-8(14)6-9/h3-6H,2,7H2,1H3,(H,16,17,18). The molecule has 19 heavy (non-hydrogen) atoms. The molecule has 0 saturated carbocycles. The lowest BCUT2D eigenvalue weighted by molar-refractivity contribution is 0.906. The second-order valence-corrected chi connectivity index (χ2v) is 6.63. The van der Waals surface area contributed by atoms with E-state index >= 15 is 0 Å². The van der Waals surface area contributed by atoms with E-state index in [1.807, 2.05) is 31.2 Å². The van der Waals surface area contributed by atoms with E-state index in [0.29, 0.717) is 16.0 Å². The maximum atomic E-state index is 11.7. The molecule has 0 aliphatic carbocycles. The number of hydrogen-bond acceptors (Lipinski definition) is 3. The summed E-state index contributed by atoms with van der Waals surface area (Å²) in [5.41, 5.74) is 0.685. The van der Waals surface area contributed by atoms with E-state index in [0.717, 1.165) is 21.5 Å². The summed E-state index contributed by atoms with van der Waals surface area (Å²) in [5.74, 6) is 1.35. The molecule has 0 fully saturated rings. The third-order valence-corrected chi connectivity index (χ3v) is 4.80. The summed E-state index contributed by atoms with van der Waals surface area (Å²) in [6, 6.07) is 8.05. The zero-order valence-corrected chi connectivity index (χ0v) is 14.2. The lowest BCUT2D eigenvalue weighted by Gasteiger charge is -2.05. The van der Waals surface area contributed by atoms with Crippen LogP contribution < -0.4 is 5.56 Å². The van der Waals surface area contributed by atoms with Crippen molar-refractivity contribution in [1.29, 1.82) is 0 Å². The second kappa shape index (κ2) is 6.72. The Morgan fingerprint density at radius 1 is 1.37 bits per heavy atom. The minimum Gasteiger partial charge on any atom is -0.309 e. The number of hydrogen-bond donors (Lipinski definition) is 1. The molecule has 0 aliphatic rings. The summed E-state index contributed by atoms with van der Waals surface area (Å²) in [5, 5.41) is 0. The van der Waals surface area contributed by atoms with Crippen molar-refractivity contribution in [1.82, 2.24) is 9.97 Å². The van der Waals surface area contributed by atoms with Crippen molar-refractivity contribution >= 4 is 43.6 Å². The average molecular weight is 404 g/mol. The van der Waals surface area contributed by atoms with E-state index in [-0.39, 0.29) is 5.56 Å². The molecular formula is C13H12Br2N2OS. The number of aromatic nitrogens is 2. The zero-order valence-electron chi connectivity index (χ0n) is 10.2. The molecule has 3 nitrogen and oxygen atoms in total. The molecular weight excluding hydrogens is 392 g/mol. The maximum Gasteiger partial charge on any atom is 0.265 e. The molecule has 0 bridgehead atoms. The Hall–Kier alpha value is -0.590. The van der Waals surface area contributed by atoms with Crippen LogP contribution in [0.2, 0.25) is 0 Å². The van der Waals surface area contributed by atoms with Crippen molar-refractivity contribution < 1.29 is 0 Å². The third-order valence-electron chi connectivity index (χ3n) is 2.49. The predicted octanol–water partition coefficient (Wildman–Crippen LogP) is 4.15. The van der Waals surface area contributed by atoms with Gasteiger partial charge in [-0.2, -0.15) is 0 Å². The summed E-state index contributed by atoms with van der Waals surface area (Å²) < 4.78 is 1.58. The molecule has 6 heteroatoms. The molecule has 0 unspecified atom stereocenters. The smallest absolute Gasteiger partial charge is 0.265 e. The molecule has 1 aromatic heterocycles. The van der Waals surface area contributed by atoms with Gasteiger partial charge in [0.2, 0.25) is 0 Å². The second-order valence-electron chi connectivity index (χ2n) is 3.87. The van der Waals surface area contributed by atoms with Crippen molar-refractivity contribution in [2.24, 2.45) is 0 Å². The van der Waals surface area contributed by atoms with Crippen LogP contribution in [0.15, 0.2) is 42.9 Å². The Morgan fingerprint density at radius 2 is 2.16 bits per heavy atom. The molecule has 2 rings (SSSR count). The van der Waals surface area contributed by atoms with Crippen LogP contribution in [0.1, 0.15) is 18.4 Å². The summed E-state index contributed by atoms with van der Waals surface area (Å²) in [7, 11) is 0. The highest BCUT2D eigenvalue weighted by Gasteiger charge is 2.07. The highest BCUT2D eigenvalue weighted by Crippen LogP contribution is 2.24. The van der Waals surface area contributed by atoms with E-state index < -0.39 is 0 Å². The quantitative estimate of drug-likeness (QED) is 0.780. The van der Waals surface area contributed by atoms with Gasteiger partial charge in [0.1, 0.15) is 10.3 Å². The molecule has 0 atom stereocenters. The number of benzene rings is 1. The van der Waals surface area contributed by atoms with Gasteiger partial charge >= 0.3 is 0 Å². The van der Waals surface area contributed by atoms with Crippen molar-refractivity contribution in [3.63, 3.8) is 0 Å². The first kappa shape index (κ1) is 14.8. The number of nitrogens with zero attached hydrogens (tertiary/aromatic N) is 1. The van der Waals surface area contributed by atoms with Crippen LogP contribution in [0.5, 0.6) is 0 Å². The van der Waals surface area contributed by atoms with Gasteiger partial charge in [-0.05, 0) is 40.5 Å². The largest absolute Gasteiger partial charge is 0.309 e. The van der Waals surface area contributed by atoms with Crippen LogP contribution in [0.4, 0.5) is 0 Å². The Balaban J connectivity index is 2.16. The highest BCUT2D eigenvalue weighted by atomic mass is 79.9. The molecule has 1 N–H and O–H groups in total. The van der Waals surface area contributed by atoms with Gasteiger partial charge in [0, 0.05) is 9.37 Å². The number of rotatable bonds is 4. The number of halogens is 2. The average Bonchev–Trinajstić information content (AvgIpc) is 2.40. The normalized spacial score (nSPS) is 10.7. The summed E-state index contributed by atoms with van der Waals surface area (Å²) >= 11 is 8.34. The fourth-order valence-corrected chi connectivity index (χ4v) is 3.41. The van der Waals surface area contributed by atoms with E-state index in [4.69, 9.17) is 0 Å². The fraction of sp³-hybridized carbons (Fsp3) is 0.231. The summed E-state index contributed by atoms with van der Waals surface area (Å²) in [6.45, 7) is 1.98. The fourth-order valence-electron chi connectivity index (χ4n) is 1.57. The first-order valence-electron chi connectivity index (χ1n) is 5.76. The van der Waals surface area contributed by atoms with Gasteiger partial charge in [0.15, 0.2) is 0 Å². The monoisotopic (exact) mass is 402 g/mol. The predicted molar refractivity (Wildman–Crippen MR) is 85.6 cm³/mol. The molecule has 0 radical (unpaired) electrons. The first-order valence-corrected chi connectivity index (χ1v) is 8.33. The van der Waals surface area contributed by atoms with E-state index in [9.17, 15) is 4.79 Å². The van der Waals surface area contributed by atoms with Crippen LogP contribution in [0.25, 0.3) is 0 Å². The lowest BCUT2D eigenvalue weighted by Crippen LogP contribution is -2.14. The third kappa shape index (κ3) is 3.94. The van der Waals surface area contributed by atoms with Gasteiger partial charge in [-0.3, -0.25) is 4.79 Å². The van der Waals surface area contributed by atoms with Crippen molar-refractivity contribution in [2.45, 2.75) is 24.0 Å². The van der Waals surface area contributed by atoms with E-state index in [2.05, 4.69) is 41.8 Å². The number of H-pyrrole nitrogens is 1. The molecule has 0 amide bonds. The number of thioether (sulfide) groups is 1. The minimum atomic E-state index is -0.114. The Morgan fingerprint density at radius 3 is 2.84 bits per heavy atom. The topological polar surface area (TPSA) is 45.8 Å². The van der Waals surface area contributed by atoms with Gasteiger partial charge in [-0.1, -0.05) is 28.9 Å². The van der Waals surface area contributed by atoms with Crippen LogP contribution in [-0.2, 0) is 12.2 Å². The molecule has 1 heterocycles. The van der Waals surface area contributed by atoms with Crippen LogP contribution in [-0.4, -0.2) is 9.97 Å². The Labute approximate surface area is 132 Å². The van der Waals surface area contributed by atoms with Crippen molar-refractivity contribution in [3.05, 3.63) is 55.1 Å². The summed E-state index contributed by atoms with van der Waals surface area (Å²) in [4.78, 5) is 20.1. The molecule has 0 spiro atoms.